The molecule has 2 aromatic rings. The lowest BCUT2D eigenvalue weighted by Crippen LogP contribution is -2.63. The number of nitrogens with one attached hydrogen (secondary N) is 1. The molecule has 2 saturated heterocycles. The molecule has 0 radical (unpaired) electrons. The minimum Gasteiger partial charge on any atom is -0.494 e. The Morgan fingerprint density at radius 3 is 2.53 bits per heavy atom. The fourth-order valence-electron chi connectivity index (χ4n) is 7.36. The number of carbonyl (C=O) groups excluding carboxylic acids is 2. The van der Waals surface area contributed by atoms with Crippen LogP contribution < -0.4 is 15.8 Å². The highest BCUT2D eigenvalue weighted by molar-refractivity contribution is 5.91. The number of aryl methyl sites for hydroxylation is 1. The summed E-state index contributed by atoms with van der Waals surface area (Å²) in [5, 5.41) is 34.9. The number of rotatable bonds is 13. The number of carbonyl (C=O) groups is 2. The second-order valence-corrected chi connectivity index (χ2v) is 14.1. The summed E-state index contributed by atoms with van der Waals surface area (Å²) in [6.07, 6.45) is 1.38. The van der Waals surface area contributed by atoms with Crippen LogP contribution in [0.4, 0.5) is 0 Å². The average Bonchev–Trinajstić information content (AvgIpc) is 3.39. The lowest BCUT2D eigenvalue weighted by atomic mass is 9.70. The summed E-state index contributed by atoms with van der Waals surface area (Å²) in [4.78, 5) is 27.7. The van der Waals surface area contributed by atoms with E-state index in [1.54, 1.807) is 6.92 Å². The number of amides is 2. The van der Waals surface area contributed by atoms with Crippen molar-refractivity contribution in [3.05, 3.63) is 64.7 Å². The maximum Gasteiger partial charge on any atom is 0.243 e. The van der Waals surface area contributed by atoms with E-state index in [-0.39, 0.29) is 24.9 Å². The molecular weight excluding hydrogens is 602 g/mol. The largest absolute Gasteiger partial charge is 0.494 e. The highest BCUT2D eigenvalue weighted by Gasteiger charge is 2.65. The van der Waals surface area contributed by atoms with Crippen LogP contribution in [0.25, 0.3) is 0 Å². The Hall–Kier alpha value is -3.06. The number of nitrogens with two attached hydrogens (primary N) is 1. The van der Waals surface area contributed by atoms with E-state index >= 15 is 0 Å². The number of aliphatic hydroxyl groups excluding tert-OH is 3. The molecule has 1 aliphatic carbocycles. The highest BCUT2D eigenvalue weighted by Crippen LogP contribution is 2.49. The molecule has 1 saturated carbocycles. The molecule has 0 aromatic heterocycles. The van der Waals surface area contributed by atoms with E-state index < -0.39 is 41.1 Å². The Morgan fingerprint density at radius 2 is 1.83 bits per heavy atom. The standard InChI is InChI=1S/C36H51N3O8/c1-23-10-13-27(36-32(43)30(41)31(42)34(2,47-36)22-46-36)21-25(23)20-24-11-14-28(15-12-24)45-19-7-9-29(40)38-35(33(37)44)17-6-5-8-26(35)16-18-39(3)4/h10-15,21,26,30-32,41-43H,5-9,16-20,22H2,1-4H3,(H2,37,44)(H,38,40)/t26?,30-,31-,32+,34-,35?,36-/m0/s1. The van der Waals surface area contributed by atoms with Gasteiger partial charge in [0.25, 0.3) is 0 Å². The Kier molecular flexibility index (Phi) is 10.6. The fourth-order valence-corrected chi connectivity index (χ4v) is 7.36. The van der Waals surface area contributed by atoms with Gasteiger partial charge in [-0.05, 0) is 107 Å². The molecule has 7 atom stereocenters. The topological polar surface area (TPSA) is 164 Å². The van der Waals surface area contributed by atoms with Crippen molar-refractivity contribution in [2.45, 2.75) is 100 Å². The minimum absolute atomic E-state index is 0.0294. The fraction of sp³-hybridized carbons (Fsp3) is 0.611. The van der Waals surface area contributed by atoms with Crippen molar-refractivity contribution in [2.24, 2.45) is 11.7 Å². The molecule has 2 amide bonds. The number of ether oxygens (including phenoxy) is 3. The second-order valence-electron chi connectivity index (χ2n) is 14.1. The molecule has 2 bridgehead atoms. The summed E-state index contributed by atoms with van der Waals surface area (Å²) in [5.74, 6) is -1.47. The van der Waals surface area contributed by atoms with Crippen LogP contribution >= 0.6 is 0 Å². The molecule has 11 nitrogen and oxygen atoms in total. The zero-order valence-electron chi connectivity index (χ0n) is 28.0. The monoisotopic (exact) mass is 653 g/mol. The van der Waals surface area contributed by atoms with Gasteiger partial charge in [-0.25, -0.2) is 0 Å². The number of aliphatic hydroxyl groups is 3. The molecule has 5 rings (SSSR count). The van der Waals surface area contributed by atoms with Gasteiger partial charge in [0.05, 0.1) is 13.2 Å². The van der Waals surface area contributed by atoms with Gasteiger partial charge in [0.1, 0.15) is 35.2 Å². The third kappa shape index (κ3) is 7.21. The third-order valence-corrected chi connectivity index (χ3v) is 10.3. The molecular formula is C36H51N3O8. The number of nitrogens with zero attached hydrogens (tertiary/aromatic N) is 1. The van der Waals surface area contributed by atoms with E-state index in [9.17, 15) is 24.9 Å². The van der Waals surface area contributed by atoms with Gasteiger partial charge in [0.2, 0.25) is 17.6 Å². The van der Waals surface area contributed by atoms with Crippen molar-refractivity contribution >= 4 is 11.8 Å². The van der Waals surface area contributed by atoms with Gasteiger partial charge in [0, 0.05) is 12.0 Å². The van der Waals surface area contributed by atoms with Gasteiger partial charge < -0.3 is 45.5 Å². The number of primary amides is 1. The van der Waals surface area contributed by atoms with Crippen LogP contribution in [0.3, 0.4) is 0 Å². The lowest BCUT2D eigenvalue weighted by molar-refractivity contribution is -0.322. The first kappa shape index (κ1) is 35.3. The molecule has 2 unspecified atom stereocenters. The Morgan fingerprint density at radius 1 is 1.09 bits per heavy atom. The van der Waals surface area contributed by atoms with Crippen LogP contribution in [0.1, 0.15) is 74.1 Å². The second kappa shape index (κ2) is 14.2. The molecule has 2 aliphatic heterocycles. The molecule has 0 spiro atoms. The lowest BCUT2D eigenvalue weighted by Gasteiger charge is -2.45. The summed E-state index contributed by atoms with van der Waals surface area (Å²) < 4.78 is 18.0. The summed E-state index contributed by atoms with van der Waals surface area (Å²) in [7, 11) is 4.00. The van der Waals surface area contributed by atoms with Gasteiger partial charge in [-0.1, -0.05) is 37.1 Å². The first-order valence-electron chi connectivity index (χ1n) is 16.8. The van der Waals surface area contributed by atoms with E-state index in [1.807, 2.05) is 63.5 Å². The number of hydrogen-bond acceptors (Lipinski definition) is 9. The van der Waals surface area contributed by atoms with Crippen LogP contribution in [0.5, 0.6) is 5.75 Å². The Bertz CT molecular complexity index is 1420. The van der Waals surface area contributed by atoms with E-state index in [1.165, 1.54) is 0 Å². The Labute approximate surface area is 277 Å². The zero-order valence-corrected chi connectivity index (χ0v) is 28.0. The first-order chi connectivity index (χ1) is 22.3. The maximum atomic E-state index is 13.0. The van der Waals surface area contributed by atoms with Crippen LogP contribution in [0.2, 0.25) is 0 Å². The third-order valence-electron chi connectivity index (χ3n) is 10.3. The van der Waals surface area contributed by atoms with E-state index in [2.05, 4.69) is 10.2 Å². The molecule has 2 heterocycles. The van der Waals surface area contributed by atoms with E-state index in [4.69, 9.17) is 19.9 Å². The molecule has 3 aliphatic rings. The predicted molar refractivity (Wildman–Crippen MR) is 175 cm³/mol. The quantitative estimate of drug-likeness (QED) is 0.204. The van der Waals surface area contributed by atoms with Crippen molar-refractivity contribution in [1.82, 2.24) is 10.2 Å². The van der Waals surface area contributed by atoms with Crippen molar-refractivity contribution in [2.75, 3.05) is 33.9 Å². The van der Waals surface area contributed by atoms with Crippen molar-refractivity contribution < 1.29 is 39.1 Å². The van der Waals surface area contributed by atoms with Crippen LogP contribution in [0, 0.1) is 12.8 Å². The summed E-state index contributed by atoms with van der Waals surface area (Å²) >= 11 is 0. The van der Waals surface area contributed by atoms with Gasteiger partial charge in [-0.15, -0.1) is 0 Å². The van der Waals surface area contributed by atoms with Gasteiger partial charge in [0.15, 0.2) is 0 Å². The SMILES string of the molecule is Cc1ccc([C@]23OC[C@](C)(O2)[C@@H](O)[C@H](O)[C@H]3O)cc1Cc1ccc(OCCCC(=O)NC2(C(N)=O)CCCCC2CCN(C)C)cc1. The predicted octanol–water partition coefficient (Wildman–Crippen LogP) is 2.28. The van der Waals surface area contributed by atoms with Crippen molar-refractivity contribution in [3.63, 3.8) is 0 Å². The zero-order chi connectivity index (χ0) is 34.0. The molecule has 3 fully saturated rings. The number of fused-ring (bicyclic) bond motifs is 2. The van der Waals surface area contributed by atoms with E-state index in [0.717, 1.165) is 48.9 Å². The first-order valence-corrected chi connectivity index (χ1v) is 16.8. The van der Waals surface area contributed by atoms with Crippen LogP contribution in [-0.4, -0.2) is 95.3 Å². The average molecular weight is 654 g/mol. The van der Waals surface area contributed by atoms with Gasteiger partial charge in [-0.2, -0.15) is 0 Å². The normalized spacial score (nSPS) is 31.9. The van der Waals surface area contributed by atoms with Crippen molar-refractivity contribution in [1.29, 1.82) is 0 Å². The maximum absolute atomic E-state index is 13.0. The number of benzene rings is 2. The smallest absolute Gasteiger partial charge is 0.243 e. The Balaban J connectivity index is 1.14. The summed E-state index contributed by atoms with van der Waals surface area (Å²) in [5.41, 5.74) is 7.45. The summed E-state index contributed by atoms with van der Waals surface area (Å²) in [6, 6.07) is 13.4. The van der Waals surface area contributed by atoms with Crippen LogP contribution in [0.15, 0.2) is 42.5 Å². The van der Waals surface area contributed by atoms with Crippen molar-refractivity contribution in [3.8, 4) is 5.75 Å². The number of hydrogen-bond donors (Lipinski definition) is 5. The van der Waals surface area contributed by atoms with E-state index in [0.29, 0.717) is 37.2 Å². The highest BCUT2D eigenvalue weighted by atomic mass is 16.8. The molecule has 2 aromatic carbocycles. The molecule has 47 heavy (non-hydrogen) atoms. The van der Waals surface area contributed by atoms with Crippen LogP contribution in [-0.2, 0) is 31.3 Å². The molecule has 11 heteroatoms. The van der Waals surface area contributed by atoms with Gasteiger partial charge in [-0.3, -0.25) is 9.59 Å². The molecule has 258 valence electrons. The molecule has 6 N–H and O–H groups in total. The van der Waals surface area contributed by atoms with Gasteiger partial charge >= 0.3 is 0 Å². The minimum atomic E-state index is -1.56. The summed E-state index contributed by atoms with van der Waals surface area (Å²) in [6.45, 7) is 4.90.